The molecule has 0 saturated carbocycles. The number of aromatic nitrogens is 2. The van der Waals surface area contributed by atoms with Crippen LogP contribution < -0.4 is 11.3 Å². The third kappa shape index (κ3) is 3.64. The summed E-state index contributed by atoms with van der Waals surface area (Å²) < 4.78 is 2.01. The van der Waals surface area contributed by atoms with Crippen LogP contribution in [0.1, 0.15) is 44.8 Å². The Morgan fingerprint density at radius 3 is 2.67 bits per heavy atom. The molecule has 1 unspecified atom stereocenters. The van der Waals surface area contributed by atoms with Gasteiger partial charge in [0.1, 0.15) is 0 Å². The molecule has 0 amide bonds. The second kappa shape index (κ2) is 5.88. The molecular formula is C11H22N4. The molecule has 0 aliphatic carbocycles. The maximum atomic E-state index is 5.56. The molecule has 0 aliphatic heterocycles. The molecule has 1 aromatic heterocycles. The van der Waals surface area contributed by atoms with Crippen molar-refractivity contribution in [3.8, 4) is 0 Å². The maximum absolute atomic E-state index is 5.56. The van der Waals surface area contributed by atoms with Gasteiger partial charge in [0.05, 0.1) is 18.1 Å². The number of nitrogens with one attached hydrogen (secondary N) is 1. The van der Waals surface area contributed by atoms with Crippen molar-refractivity contribution in [1.82, 2.24) is 15.0 Å². The van der Waals surface area contributed by atoms with Gasteiger partial charge in [-0.15, -0.1) is 0 Å². The number of imidazole rings is 1. The zero-order valence-electron chi connectivity index (χ0n) is 9.90. The summed E-state index contributed by atoms with van der Waals surface area (Å²) in [5.41, 5.74) is 4.01. The number of aryl methyl sites for hydroxylation is 1. The molecule has 1 aromatic rings. The van der Waals surface area contributed by atoms with Gasteiger partial charge in [-0.05, 0) is 12.3 Å². The lowest BCUT2D eigenvalue weighted by molar-refractivity contribution is 0.441. The van der Waals surface area contributed by atoms with Gasteiger partial charge in [0.15, 0.2) is 0 Å². The summed E-state index contributed by atoms with van der Waals surface area (Å²) in [6.07, 6.45) is 7.18. The Labute approximate surface area is 91.8 Å². The van der Waals surface area contributed by atoms with Crippen LogP contribution in [0.15, 0.2) is 12.5 Å². The summed E-state index contributed by atoms with van der Waals surface area (Å²) in [6, 6.07) is 0.219. The molecule has 3 N–H and O–H groups in total. The highest BCUT2D eigenvalue weighted by molar-refractivity contribution is 5.04. The standard InChI is InChI=1S/C11H22N4/c1-9(2)5-4-6-10(14-12)11-7-13-8-15(11)3/h7-10,14H,4-6,12H2,1-3H3. The molecule has 0 fully saturated rings. The Morgan fingerprint density at radius 2 is 2.20 bits per heavy atom. The number of hydrazine groups is 1. The first-order valence-electron chi connectivity index (χ1n) is 5.57. The molecule has 0 aromatic carbocycles. The number of rotatable bonds is 6. The van der Waals surface area contributed by atoms with Crippen LogP contribution in [-0.2, 0) is 7.05 Å². The number of nitrogens with zero attached hydrogens (tertiary/aromatic N) is 2. The Balaban J connectivity index is 2.46. The summed E-state index contributed by atoms with van der Waals surface area (Å²) in [4.78, 5) is 4.10. The average molecular weight is 210 g/mol. The third-order valence-corrected chi connectivity index (χ3v) is 2.69. The summed E-state index contributed by atoms with van der Waals surface area (Å²) >= 11 is 0. The van der Waals surface area contributed by atoms with E-state index in [1.165, 1.54) is 12.8 Å². The van der Waals surface area contributed by atoms with E-state index in [0.29, 0.717) is 0 Å². The maximum Gasteiger partial charge on any atom is 0.0946 e. The molecule has 0 aliphatic rings. The minimum absolute atomic E-state index is 0.219. The Kier molecular flexibility index (Phi) is 4.78. The summed E-state index contributed by atoms with van der Waals surface area (Å²) in [7, 11) is 2.00. The van der Waals surface area contributed by atoms with Crippen molar-refractivity contribution in [2.75, 3.05) is 0 Å². The van der Waals surface area contributed by atoms with E-state index >= 15 is 0 Å². The van der Waals surface area contributed by atoms with Gasteiger partial charge in [0.2, 0.25) is 0 Å². The molecule has 4 heteroatoms. The van der Waals surface area contributed by atoms with Gasteiger partial charge in [-0.1, -0.05) is 26.7 Å². The smallest absolute Gasteiger partial charge is 0.0946 e. The SMILES string of the molecule is CC(C)CCCC(NN)c1cncn1C. The fourth-order valence-electron chi connectivity index (χ4n) is 1.75. The van der Waals surface area contributed by atoms with Crippen molar-refractivity contribution in [3.05, 3.63) is 18.2 Å². The highest BCUT2D eigenvalue weighted by atomic mass is 15.2. The molecule has 0 bridgehead atoms. The average Bonchev–Trinajstić information content (AvgIpc) is 2.59. The number of nitrogens with two attached hydrogens (primary N) is 1. The molecule has 0 saturated heterocycles. The van der Waals surface area contributed by atoms with E-state index in [0.717, 1.165) is 18.0 Å². The topological polar surface area (TPSA) is 55.9 Å². The van der Waals surface area contributed by atoms with Crippen molar-refractivity contribution >= 4 is 0 Å². The van der Waals surface area contributed by atoms with Crippen molar-refractivity contribution in [2.45, 2.75) is 39.2 Å². The molecule has 15 heavy (non-hydrogen) atoms. The minimum Gasteiger partial charge on any atom is -0.336 e. The van der Waals surface area contributed by atoms with Crippen LogP contribution in [0.2, 0.25) is 0 Å². The zero-order valence-corrected chi connectivity index (χ0v) is 9.90. The van der Waals surface area contributed by atoms with Gasteiger partial charge in [0, 0.05) is 13.2 Å². The second-order valence-corrected chi connectivity index (χ2v) is 4.47. The van der Waals surface area contributed by atoms with E-state index in [9.17, 15) is 0 Å². The normalized spacial score (nSPS) is 13.4. The van der Waals surface area contributed by atoms with E-state index in [2.05, 4.69) is 24.3 Å². The predicted octanol–water partition coefficient (Wildman–Crippen LogP) is 1.75. The number of hydrogen-bond donors (Lipinski definition) is 2. The van der Waals surface area contributed by atoms with Gasteiger partial charge in [0.25, 0.3) is 0 Å². The van der Waals surface area contributed by atoms with Crippen molar-refractivity contribution < 1.29 is 0 Å². The van der Waals surface area contributed by atoms with Crippen molar-refractivity contribution in [1.29, 1.82) is 0 Å². The zero-order chi connectivity index (χ0) is 11.3. The van der Waals surface area contributed by atoms with Gasteiger partial charge >= 0.3 is 0 Å². The molecule has 86 valence electrons. The lowest BCUT2D eigenvalue weighted by atomic mass is 10.0. The van der Waals surface area contributed by atoms with Crippen LogP contribution in [0, 0.1) is 5.92 Å². The first-order chi connectivity index (χ1) is 7.15. The highest BCUT2D eigenvalue weighted by Crippen LogP contribution is 2.19. The van der Waals surface area contributed by atoms with Crippen molar-refractivity contribution in [3.63, 3.8) is 0 Å². The monoisotopic (exact) mass is 210 g/mol. The lowest BCUT2D eigenvalue weighted by Crippen LogP contribution is -2.29. The second-order valence-electron chi connectivity index (χ2n) is 4.47. The fourth-order valence-corrected chi connectivity index (χ4v) is 1.75. The first kappa shape index (κ1) is 12.2. The Morgan fingerprint density at radius 1 is 1.47 bits per heavy atom. The molecule has 0 spiro atoms. The third-order valence-electron chi connectivity index (χ3n) is 2.69. The molecule has 1 rings (SSSR count). The molecule has 1 atom stereocenters. The Hall–Kier alpha value is -0.870. The van der Waals surface area contributed by atoms with Gasteiger partial charge in [-0.3, -0.25) is 11.3 Å². The highest BCUT2D eigenvalue weighted by Gasteiger charge is 2.12. The minimum atomic E-state index is 0.219. The molecule has 0 radical (unpaired) electrons. The van der Waals surface area contributed by atoms with Crippen LogP contribution >= 0.6 is 0 Å². The number of hydrogen-bond acceptors (Lipinski definition) is 3. The quantitative estimate of drug-likeness (QED) is 0.555. The Bertz CT molecular complexity index is 280. The van der Waals surface area contributed by atoms with Gasteiger partial charge < -0.3 is 4.57 Å². The van der Waals surface area contributed by atoms with E-state index in [4.69, 9.17) is 5.84 Å². The van der Waals surface area contributed by atoms with Crippen LogP contribution in [0.4, 0.5) is 0 Å². The van der Waals surface area contributed by atoms with Crippen LogP contribution in [0.5, 0.6) is 0 Å². The van der Waals surface area contributed by atoms with E-state index < -0.39 is 0 Å². The first-order valence-corrected chi connectivity index (χ1v) is 5.57. The fraction of sp³-hybridized carbons (Fsp3) is 0.727. The van der Waals surface area contributed by atoms with Crippen LogP contribution in [0.25, 0.3) is 0 Å². The van der Waals surface area contributed by atoms with E-state index in [-0.39, 0.29) is 6.04 Å². The van der Waals surface area contributed by atoms with E-state index in [1.807, 2.05) is 24.1 Å². The van der Waals surface area contributed by atoms with Gasteiger partial charge in [-0.2, -0.15) is 0 Å². The molecule has 1 heterocycles. The lowest BCUT2D eigenvalue weighted by Gasteiger charge is -2.16. The van der Waals surface area contributed by atoms with Crippen LogP contribution in [0.3, 0.4) is 0 Å². The largest absolute Gasteiger partial charge is 0.336 e. The van der Waals surface area contributed by atoms with Gasteiger partial charge in [-0.25, -0.2) is 4.98 Å². The molecule has 4 nitrogen and oxygen atoms in total. The van der Waals surface area contributed by atoms with E-state index in [1.54, 1.807) is 0 Å². The molecular weight excluding hydrogens is 188 g/mol. The summed E-state index contributed by atoms with van der Waals surface area (Å²) in [6.45, 7) is 4.49. The predicted molar refractivity (Wildman–Crippen MR) is 62.0 cm³/mol. The summed E-state index contributed by atoms with van der Waals surface area (Å²) in [5, 5.41) is 0. The van der Waals surface area contributed by atoms with Crippen LogP contribution in [-0.4, -0.2) is 9.55 Å². The van der Waals surface area contributed by atoms with Crippen molar-refractivity contribution in [2.24, 2.45) is 18.8 Å². The summed E-state index contributed by atoms with van der Waals surface area (Å²) in [5.74, 6) is 6.32.